The minimum absolute atomic E-state index is 0.130. The SMILES string of the molecule is O=C(C1CCc2n[nH]nc2C1)N1CCCCC1. The zero-order chi connectivity index (χ0) is 11.7. The Kier molecular flexibility index (Phi) is 2.82. The lowest BCUT2D eigenvalue weighted by Crippen LogP contribution is -2.41. The van der Waals surface area contributed by atoms with Crippen LogP contribution in [0.2, 0.25) is 0 Å². The van der Waals surface area contributed by atoms with E-state index in [-0.39, 0.29) is 5.92 Å². The second-order valence-corrected chi connectivity index (χ2v) is 5.04. The maximum absolute atomic E-state index is 12.4. The summed E-state index contributed by atoms with van der Waals surface area (Å²) in [4.78, 5) is 14.4. The Hall–Kier alpha value is -1.39. The van der Waals surface area contributed by atoms with Gasteiger partial charge in [-0.2, -0.15) is 15.4 Å². The van der Waals surface area contributed by atoms with E-state index in [0.717, 1.165) is 56.6 Å². The Balaban J connectivity index is 1.67. The van der Waals surface area contributed by atoms with Gasteiger partial charge in [0.1, 0.15) is 0 Å². The second kappa shape index (κ2) is 4.47. The lowest BCUT2D eigenvalue weighted by Gasteiger charge is -2.31. The first-order valence-electron chi connectivity index (χ1n) is 6.52. The van der Waals surface area contributed by atoms with Crippen LogP contribution in [0.15, 0.2) is 0 Å². The number of aromatic amines is 1. The third-order valence-corrected chi connectivity index (χ3v) is 3.89. The fourth-order valence-corrected chi connectivity index (χ4v) is 2.87. The van der Waals surface area contributed by atoms with E-state index in [2.05, 4.69) is 15.4 Å². The summed E-state index contributed by atoms with van der Waals surface area (Å²) >= 11 is 0. The molecule has 1 N–H and O–H groups in total. The Morgan fingerprint density at radius 1 is 1.18 bits per heavy atom. The van der Waals surface area contributed by atoms with Crippen molar-refractivity contribution in [2.45, 2.75) is 38.5 Å². The predicted molar refractivity (Wildman–Crippen MR) is 62.3 cm³/mol. The van der Waals surface area contributed by atoms with Gasteiger partial charge in [-0.3, -0.25) is 4.79 Å². The Bertz CT molecular complexity index is 408. The number of amides is 1. The number of rotatable bonds is 1. The van der Waals surface area contributed by atoms with Gasteiger partial charge in [-0.05, 0) is 32.1 Å². The molecular formula is C12H18N4O. The molecule has 1 amide bonds. The van der Waals surface area contributed by atoms with Gasteiger partial charge in [0.15, 0.2) is 0 Å². The number of aryl methyl sites for hydroxylation is 1. The molecule has 1 saturated heterocycles. The van der Waals surface area contributed by atoms with E-state index in [1.165, 1.54) is 6.42 Å². The molecule has 5 heteroatoms. The summed E-state index contributed by atoms with van der Waals surface area (Å²) in [7, 11) is 0. The molecule has 1 aliphatic carbocycles. The molecule has 1 aliphatic heterocycles. The van der Waals surface area contributed by atoms with Crippen LogP contribution in [-0.2, 0) is 17.6 Å². The van der Waals surface area contributed by atoms with Crippen molar-refractivity contribution in [1.29, 1.82) is 0 Å². The summed E-state index contributed by atoms with van der Waals surface area (Å²) in [5, 5.41) is 10.9. The number of hydrogen-bond donors (Lipinski definition) is 1. The number of aromatic nitrogens is 3. The third-order valence-electron chi connectivity index (χ3n) is 3.89. The molecule has 0 spiro atoms. The van der Waals surface area contributed by atoms with Crippen LogP contribution < -0.4 is 0 Å². The van der Waals surface area contributed by atoms with Crippen molar-refractivity contribution in [3.8, 4) is 0 Å². The maximum atomic E-state index is 12.4. The quantitative estimate of drug-likeness (QED) is 0.786. The number of fused-ring (bicyclic) bond motifs is 1. The highest BCUT2D eigenvalue weighted by Gasteiger charge is 2.30. The summed E-state index contributed by atoms with van der Waals surface area (Å²) in [6.45, 7) is 1.89. The van der Waals surface area contributed by atoms with Gasteiger partial charge in [0.2, 0.25) is 5.91 Å². The molecular weight excluding hydrogens is 216 g/mol. The zero-order valence-electron chi connectivity index (χ0n) is 9.98. The third kappa shape index (κ3) is 2.06. The monoisotopic (exact) mass is 234 g/mol. The normalized spacial score (nSPS) is 24.5. The van der Waals surface area contributed by atoms with E-state index < -0.39 is 0 Å². The molecule has 1 atom stereocenters. The maximum Gasteiger partial charge on any atom is 0.226 e. The van der Waals surface area contributed by atoms with Gasteiger partial charge in [-0.1, -0.05) is 0 Å². The molecule has 0 radical (unpaired) electrons. The van der Waals surface area contributed by atoms with E-state index in [0.29, 0.717) is 5.91 Å². The Morgan fingerprint density at radius 3 is 2.76 bits per heavy atom. The smallest absolute Gasteiger partial charge is 0.226 e. The van der Waals surface area contributed by atoms with E-state index >= 15 is 0 Å². The summed E-state index contributed by atoms with van der Waals surface area (Å²) in [6, 6.07) is 0. The summed E-state index contributed by atoms with van der Waals surface area (Å²) in [6.07, 6.45) is 6.16. The predicted octanol–water partition coefficient (Wildman–Crippen LogP) is 0.922. The van der Waals surface area contributed by atoms with Crippen molar-refractivity contribution in [2.75, 3.05) is 13.1 Å². The van der Waals surface area contributed by atoms with Crippen molar-refractivity contribution in [3.05, 3.63) is 11.4 Å². The van der Waals surface area contributed by atoms with E-state index in [1.807, 2.05) is 4.90 Å². The number of likely N-dealkylation sites (tertiary alicyclic amines) is 1. The van der Waals surface area contributed by atoms with Crippen molar-refractivity contribution >= 4 is 5.91 Å². The van der Waals surface area contributed by atoms with Gasteiger partial charge in [0.05, 0.1) is 11.4 Å². The molecule has 5 nitrogen and oxygen atoms in total. The number of H-pyrrole nitrogens is 1. The molecule has 0 saturated carbocycles. The average molecular weight is 234 g/mol. The summed E-state index contributed by atoms with van der Waals surface area (Å²) in [5.74, 6) is 0.462. The number of nitrogens with one attached hydrogen (secondary N) is 1. The fourth-order valence-electron chi connectivity index (χ4n) is 2.87. The van der Waals surface area contributed by atoms with Crippen molar-refractivity contribution in [1.82, 2.24) is 20.3 Å². The first-order chi connectivity index (χ1) is 8.34. The molecule has 92 valence electrons. The van der Waals surface area contributed by atoms with Crippen LogP contribution in [0.1, 0.15) is 37.1 Å². The van der Waals surface area contributed by atoms with Crippen LogP contribution in [0.5, 0.6) is 0 Å². The Morgan fingerprint density at radius 2 is 1.94 bits per heavy atom. The molecule has 0 bridgehead atoms. The van der Waals surface area contributed by atoms with E-state index in [9.17, 15) is 4.79 Å². The summed E-state index contributed by atoms with van der Waals surface area (Å²) in [5.41, 5.74) is 2.04. The van der Waals surface area contributed by atoms with Gasteiger partial charge in [0, 0.05) is 25.4 Å². The van der Waals surface area contributed by atoms with Crippen LogP contribution in [-0.4, -0.2) is 39.3 Å². The number of carbonyl (C=O) groups excluding carboxylic acids is 1. The fraction of sp³-hybridized carbons (Fsp3) is 0.750. The number of nitrogens with zero attached hydrogens (tertiary/aromatic N) is 3. The average Bonchev–Trinajstić information content (AvgIpc) is 2.86. The minimum Gasteiger partial charge on any atom is -0.342 e. The number of hydrogen-bond acceptors (Lipinski definition) is 3. The Labute approximate surface area is 101 Å². The highest BCUT2D eigenvalue weighted by Crippen LogP contribution is 2.25. The van der Waals surface area contributed by atoms with Gasteiger partial charge < -0.3 is 4.90 Å². The lowest BCUT2D eigenvalue weighted by molar-refractivity contribution is -0.136. The van der Waals surface area contributed by atoms with Crippen molar-refractivity contribution in [3.63, 3.8) is 0 Å². The first-order valence-corrected chi connectivity index (χ1v) is 6.52. The van der Waals surface area contributed by atoms with Crippen LogP contribution in [0, 0.1) is 5.92 Å². The zero-order valence-corrected chi connectivity index (χ0v) is 9.98. The number of carbonyl (C=O) groups is 1. The molecule has 1 fully saturated rings. The van der Waals surface area contributed by atoms with Gasteiger partial charge in [0.25, 0.3) is 0 Å². The molecule has 2 heterocycles. The highest BCUT2D eigenvalue weighted by molar-refractivity contribution is 5.79. The molecule has 17 heavy (non-hydrogen) atoms. The largest absolute Gasteiger partial charge is 0.342 e. The molecule has 1 unspecified atom stereocenters. The standard InChI is InChI=1S/C12H18N4O/c17-12(16-6-2-1-3-7-16)9-4-5-10-11(8-9)14-15-13-10/h9H,1-8H2,(H,13,14,15). The minimum atomic E-state index is 0.130. The van der Waals surface area contributed by atoms with Crippen LogP contribution in [0.4, 0.5) is 0 Å². The first kappa shape index (κ1) is 10.7. The lowest BCUT2D eigenvalue weighted by atomic mass is 9.88. The van der Waals surface area contributed by atoms with Crippen molar-refractivity contribution in [2.24, 2.45) is 5.92 Å². The molecule has 0 aromatic carbocycles. The molecule has 1 aromatic rings. The van der Waals surface area contributed by atoms with Crippen LogP contribution in [0.3, 0.4) is 0 Å². The van der Waals surface area contributed by atoms with E-state index in [1.54, 1.807) is 0 Å². The van der Waals surface area contributed by atoms with Crippen molar-refractivity contribution < 1.29 is 4.79 Å². The topological polar surface area (TPSA) is 61.9 Å². The molecule has 3 rings (SSSR count). The second-order valence-electron chi connectivity index (χ2n) is 5.04. The molecule has 1 aromatic heterocycles. The summed E-state index contributed by atoms with van der Waals surface area (Å²) < 4.78 is 0. The van der Waals surface area contributed by atoms with Gasteiger partial charge in [-0.15, -0.1) is 0 Å². The van der Waals surface area contributed by atoms with Gasteiger partial charge >= 0.3 is 0 Å². The number of piperidine rings is 1. The van der Waals surface area contributed by atoms with Gasteiger partial charge in [-0.25, -0.2) is 0 Å². The van der Waals surface area contributed by atoms with Crippen LogP contribution in [0.25, 0.3) is 0 Å². The van der Waals surface area contributed by atoms with Crippen LogP contribution >= 0.6 is 0 Å². The molecule has 2 aliphatic rings. The van der Waals surface area contributed by atoms with E-state index in [4.69, 9.17) is 0 Å². The highest BCUT2D eigenvalue weighted by atomic mass is 16.2.